The summed E-state index contributed by atoms with van der Waals surface area (Å²) in [6.45, 7) is 3.75. The maximum atomic E-state index is 13.6. The lowest BCUT2D eigenvalue weighted by molar-refractivity contribution is -0.0220. The lowest BCUT2D eigenvalue weighted by atomic mass is 9.90. The Hall–Kier alpha value is -3.46. The van der Waals surface area contributed by atoms with Crippen molar-refractivity contribution in [1.82, 2.24) is 9.62 Å². The lowest BCUT2D eigenvalue weighted by Crippen LogP contribution is -2.59. The molecular weight excluding hydrogens is 488 g/mol. The van der Waals surface area contributed by atoms with Gasteiger partial charge < -0.3 is 9.47 Å². The van der Waals surface area contributed by atoms with E-state index in [0.717, 1.165) is 16.7 Å². The van der Waals surface area contributed by atoms with Crippen molar-refractivity contribution in [2.75, 3.05) is 7.11 Å². The summed E-state index contributed by atoms with van der Waals surface area (Å²) in [6, 6.07) is 23.9. The molecule has 0 bridgehead atoms. The number of nitrogens with one attached hydrogen (secondary N) is 1. The van der Waals surface area contributed by atoms with E-state index in [-0.39, 0.29) is 4.90 Å². The van der Waals surface area contributed by atoms with Gasteiger partial charge in [-0.25, -0.2) is 17.9 Å². The average molecular weight is 519 g/mol. The van der Waals surface area contributed by atoms with Crippen LogP contribution in [0.4, 0.5) is 4.79 Å². The summed E-state index contributed by atoms with van der Waals surface area (Å²) < 4.78 is 41.4. The zero-order valence-corrected chi connectivity index (χ0v) is 21.8. The predicted octanol–water partition coefficient (Wildman–Crippen LogP) is 4.92. The fourth-order valence-electron chi connectivity index (χ4n) is 5.22. The second-order valence-electron chi connectivity index (χ2n) is 9.63. The number of sulfonamides is 1. The molecule has 1 saturated heterocycles. The maximum absolute atomic E-state index is 13.6. The number of amides is 1. The Morgan fingerprint density at radius 1 is 0.919 bits per heavy atom. The van der Waals surface area contributed by atoms with Crippen LogP contribution in [0.2, 0.25) is 0 Å². The highest BCUT2D eigenvalue weighted by atomic mass is 32.2. The molecule has 1 aliphatic carbocycles. The molecule has 5 atom stereocenters. The van der Waals surface area contributed by atoms with E-state index in [1.54, 1.807) is 42.4 Å². The molecule has 2 aliphatic rings. The molecule has 37 heavy (non-hydrogen) atoms. The maximum Gasteiger partial charge on any atom is 0.411 e. The first-order valence-electron chi connectivity index (χ1n) is 12.2. The Bertz CT molecular complexity index is 1390. The molecule has 1 heterocycles. The van der Waals surface area contributed by atoms with Crippen molar-refractivity contribution in [2.45, 2.75) is 48.6 Å². The number of benzene rings is 3. The molecule has 1 N–H and O–H groups in total. The summed E-state index contributed by atoms with van der Waals surface area (Å²) >= 11 is 0. The van der Waals surface area contributed by atoms with Crippen LogP contribution in [0.25, 0.3) is 0 Å². The molecule has 0 saturated carbocycles. The van der Waals surface area contributed by atoms with E-state index in [0.29, 0.717) is 0 Å². The van der Waals surface area contributed by atoms with Gasteiger partial charge in [0.2, 0.25) is 10.0 Å². The summed E-state index contributed by atoms with van der Waals surface area (Å²) in [4.78, 5) is 15.4. The first-order chi connectivity index (χ1) is 17.7. The Balaban J connectivity index is 1.57. The molecule has 1 fully saturated rings. The van der Waals surface area contributed by atoms with Gasteiger partial charge in [0.25, 0.3) is 0 Å². The molecular formula is C29H30N2O5S. The molecule has 1 amide bonds. The van der Waals surface area contributed by atoms with Crippen LogP contribution >= 0.6 is 0 Å². The van der Waals surface area contributed by atoms with Crippen LogP contribution in [-0.4, -0.2) is 44.2 Å². The van der Waals surface area contributed by atoms with Crippen molar-refractivity contribution in [3.05, 3.63) is 114 Å². The molecule has 7 nitrogen and oxygen atoms in total. The van der Waals surface area contributed by atoms with E-state index in [4.69, 9.17) is 9.47 Å². The highest BCUT2D eigenvalue weighted by Gasteiger charge is 2.56. The average Bonchev–Trinajstić information content (AvgIpc) is 3.41. The van der Waals surface area contributed by atoms with Crippen molar-refractivity contribution in [1.29, 1.82) is 0 Å². The zero-order valence-electron chi connectivity index (χ0n) is 20.9. The third kappa shape index (κ3) is 4.68. The van der Waals surface area contributed by atoms with Crippen molar-refractivity contribution in [3.63, 3.8) is 0 Å². The number of carbonyl (C=O) groups excluding carboxylic acids is 1. The summed E-state index contributed by atoms with van der Waals surface area (Å²) in [5.74, 6) is 0. The second kappa shape index (κ2) is 9.78. The van der Waals surface area contributed by atoms with E-state index < -0.39 is 45.9 Å². The Kier molecular flexibility index (Phi) is 6.66. The number of carbonyl (C=O) groups is 1. The van der Waals surface area contributed by atoms with Crippen LogP contribution in [0.3, 0.4) is 0 Å². The number of ether oxygens (including phenoxy) is 2. The highest BCUT2D eigenvalue weighted by Crippen LogP contribution is 2.48. The Morgan fingerprint density at radius 3 is 2.11 bits per heavy atom. The number of cyclic esters (lactones) is 1. The number of hydrogen-bond acceptors (Lipinski definition) is 5. The van der Waals surface area contributed by atoms with Gasteiger partial charge in [-0.2, -0.15) is 0 Å². The predicted molar refractivity (Wildman–Crippen MR) is 140 cm³/mol. The van der Waals surface area contributed by atoms with Gasteiger partial charge in [-0.1, -0.05) is 90.5 Å². The number of hydrogen-bond donors (Lipinski definition) is 1. The van der Waals surface area contributed by atoms with Crippen LogP contribution < -0.4 is 4.72 Å². The molecule has 0 radical (unpaired) electrons. The van der Waals surface area contributed by atoms with Crippen molar-refractivity contribution < 1.29 is 22.7 Å². The SMILES string of the molecule is CO[C@]1(C)C=C[C@H](NS(=O)(=O)c2ccc(C)cc2)[C@H]1N1C(=O)O[C@@H](c2ccccc2)[C@H]1c1ccccc1. The Morgan fingerprint density at radius 2 is 1.51 bits per heavy atom. The molecule has 3 aromatic rings. The molecule has 192 valence electrons. The van der Waals surface area contributed by atoms with E-state index in [1.165, 1.54) is 0 Å². The summed E-state index contributed by atoms with van der Waals surface area (Å²) in [5.41, 5.74) is 1.74. The summed E-state index contributed by atoms with van der Waals surface area (Å²) in [6.07, 6.45) is 2.46. The largest absolute Gasteiger partial charge is 0.439 e. The molecule has 0 aromatic heterocycles. The summed E-state index contributed by atoms with van der Waals surface area (Å²) in [5, 5.41) is 0. The van der Waals surface area contributed by atoms with Gasteiger partial charge in [-0.05, 0) is 37.1 Å². The molecule has 5 rings (SSSR count). The van der Waals surface area contributed by atoms with Gasteiger partial charge in [0, 0.05) is 7.11 Å². The van der Waals surface area contributed by atoms with E-state index in [2.05, 4.69) is 4.72 Å². The van der Waals surface area contributed by atoms with Crippen LogP contribution in [-0.2, 0) is 19.5 Å². The minimum Gasteiger partial charge on any atom is -0.439 e. The second-order valence-corrected chi connectivity index (χ2v) is 11.3. The Labute approximate surface area is 217 Å². The quantitative estimate of drug-likeness (QED) is 0.449. The van der Waals surface area contributed by atoms with E-state index in [1.807, 2.05) is 80.6 Å². The van der Waals surface area contributed by atoms with E-state index in [9.17, 15) is 13.2 Å². The van der Waals surface area contributed by atoms with Crippen LogP contribution in [0, 0.1) is 6.92 Å². The third-order valence-electron chi connectivity index (χ3n) is 7.22. The smallest absolute Gasteiger partial charge is 0.411 e. The normalized spacial score (nSPS) is 27.4. The van der Waals surface area contributed by atoms with Crippen LogP contribution in [0.15, 0.2) is 102 Å². The first-order valence-corrected chi connectivity index (χ1v) is 13.6. The first kappa shape index (κ1) is 25.2. The van der Waals surface area contributed by atoms with Gasteiger partial charge in [-0.3, -0.25) is 4.90 Å². The minimum atomic E-state index is -3.88. The molecule has 1 aliphatic heterocycles. The monoisotopic (exact) mass is 518 g/mol. The van der Waals surface area contributed by atoms with Gasteiger partial charge >= 0.3 is 6.09 Å². The fourth-order valence-corrected chi connectivity index (χ4v) is 6.42. The summed E-state index contributed by atoms with van der Waals surface area (Å²) in [7, 11) is -2.32. The number of methoxy groups -OCH3 is 1. The topological polar surface area (TPSA) is 84.9 Å². The van der Waals surface area contributed by atoms with Gasteiger partial charge in [0.05, 0.1) is 17.0 Å². The van der Waals surface area contributed by atoms with Gasteiger partial charge in [-0.15, -0.1) is 0 Å². The fraction of sp³-hybridized carbons (Fsp3) is 0.276. The number of aryl methyl sites for hydroxylation is 1. The molecule has 0 spiro atoms. The molecule has 0 unspecified atom stereocenters. The standard InChI is InChI=1S/C29H30N2O5S/c1-20-14-16-23(17-15-20)37(33,34)30-24-18-19-29(2,35-3)27(24)31-25(21-10-6-4-7-11-21)26(36-28(31)32)22-12-8-5-9-13-22/h4-19,24-27,30H,1-3H3/t24-,25+,26-,27+,29+/m0/s1. The van der Waals surface area contributed by atoms with Gasteiger partial charge in [0.1, 0.15) is 11.6 Å². The van der Waals surface area contributed by atoms with Crippen molar-refractivity contribution in [3.8, 4) is 0 Å². The third-order valence-corrected chi connectivity index (χ3v) is 8.69. The molecule has 3 aromatic carbocycles. The lowest BCUT2D eigenvalue weighted by Gasteiger charge is -2.41. The van der Waals surface area contributed by atoms with Crippen molar-refractivity contribution in [2.24, 2.45) is 0 Å². The van der Waals surface area contributed by atoms with Crippen LogP contribution in [0.1, 0.15) is 35.8 Å². The zero-order chi connectivity index (χ0) is 26.2. The minimum absolute atomic E-state index is 0.155. The van der Waals surface area contributed by atoms with Crippen molar-refractivity contribution >= 4 is 16.1 Å². The van der Waals surface area contributed by atoms with Gasteiger partial charge in [0.15, 0.2) is 6.10 Å². The van der Waals surface area contributed by atoms with E-state index >= 15 is 0 Å². The van der Waals surface area contributed by atoms with Crippen LogP contribution in [0.5, 0.6) is 0 Å². The number of rotatable bonds is 7. The number of nitrogens with zero attached hydrogens (tertiary/aromatic N) is 1. The highest BCUT2D eigenvalue weighted by molar-refractivity contribution is 7.89. The molecule has 8 heteroatoms.